The van der Waals surface area contributed by atoms with Gasteiger partial charge in [-0.1, -0.05) is 12.1 Å². The van der Waals surface area contributed by atoms with Gasteiger partial charge in [0.1, 0.15) is 16.7 Å². The molecule has 0 bridgehead atoms. The molecule has 0 atom stereocenters. The lowest BCUT2D eigenvalue weighted by Crippen LogP contribution is -2.06. The first-order chi connectivity index (χ1) is 11.4. The van der Waals surface area contributed by atoms with Crippen LogP contribution in [0.5, 0.6) is 5.75 Å². The maximum absolute atomic E-state index is 12.7. The summed E-state index contributed by atoms with van der Waals surface area (Å²) in [7, 11) is 1.43. The molecule has 0 aliphatic heterocycles. The number of alkyl halides is 3. The minimum atomic E-state index is -4.45. The maximum Gasteiger partial charge on any atom is 0.416 e. The molecule has 1 heterocycles. The number of nitrogens with one attached hydrogen (secondary N) is 1. The van der Waals surface area contributed by atoms with Gasteiger partial charge in [0.2, 0.25) is 5.88 Å². The van der Waals surface area contributed by atoms with Gasteiger partial charge in [-0.2, -0.15) is 13.2 Å². The molecule has 0 unspecified atom stereocenters. The standard InChI is InChI=1S/C17H12F3NO3/c1-23-13-6-3-7-14-16(13)12(22)9-15(24-14)21-11-5-2-4-10(8-11)17(18,19)20/h2-9,21H,1H3. The molecule has 0 aliphatic rings. The lowest BCUT2D eigenvalue weighted by atomic mass is 10.2. The molecule has 3 aromatic rings. The van der Waals surface area contributed by atoms with Gasteiger partial charge >= 0.3 is 6.18 Å². The molecule has 2 aromatic carbocycles. The second-order valence-corrected chi connectivity index (χ2v) is 5.01. The average Bonchev–Trinajstić information content (AvgIpc) is 2.53. The molecule has 0 radical (unpaired) electrons. The highest BCUT2D eigenvalue weighted by Crippen LogP contribution is 2.32. The number of rotatable bonds is 3. The van der Waals surface area contributed by atoms with Crippen molar-refractivity contribution < 1.29 is 22.3 Å². The maximum atomic E-state index is 12.7. The summed E-state index contributed by atoms with van der Waals surface area (Å²) in [6.45, 7) is 0. The highest BCUT2D eigenvalue weighted by Gasteiger charge is 2.30. The van der Waals surface area contributed by atoms with E-state index in [1.54, 1.807) is 18.2 Å². The van der Waals surface area contributed by atoms with E-state index in [9.17, 15) is 18.0 Å². The summed E-state index contributed by atoms with van der Waals surface area (Å²) >= 11 is 0. The lowest BCUT2D eigenvalue weighted by molar-refractivity contribution is -0.137. The second-order valence-electron chi connectivity index (χ2n) is 5.01. The molecule has 4 nitrogen and oxygen atoms in total. The molecule has 0 fully saturated rings. The van der Waals surface area contributed by atoms with Gasteiger partial charge in [0.05, 0.1) is 12.7 Å². The monoisotopic (exact) mass is 335 g/mol. The van der Waals surface area contributed by atoms with Crippen LogP contribution < -0.4 is 15.5 Å². The third-order valence-electron chi connectivity index (χ3n) is 3.39. The van der Waals surface area contributed by atoms with Crippen LogP contribution in [-0.2, 0) is 6.18 Å². The van der Waals surface area contributed by atoms with E-state index in [1.807, 2.05) is 0 Å². The van der Waals surface area contributed by atoms with Crippen molar-refractivity contribution in [2.45, 2.75) is 6.18 Å². The number of hydrogen-bond donors (Lipinski definition) is 1. The molecule has 124 valence electrons. The van der Waals surface area contributed by atoms with E-state index in [0.717, 1.165) is 12.1 Å². The lowest BCUT2D eigenvalue weighted by Gasteiger charge is -2.11. The van der Waals surface area contributed by atoms with Gasteiger partial charge < -0.3 is 14.5 Å². The molecule has 0 amide bonds. The van der Waals surface area contributed by atoms with Crippen LogP contribution in [0.15, 0.2) is 57.7 Å². The number of halogens is 3. The minimum absolute atomic E-state index is 0.0417. The number of methoxy groups -OCH3 is 1. The fraction of sp³-hybridized carbons (Fsp3) is 0.118. The fourth-order valence-corrected chi connectivity index (χ4v) is 2.33. The Bertz CT molecular complexity index is 948. The summed E-state index contributed by atoms with van der Waals surface area (Å²) in [4.78, 5) is 12.2. The molecule has 3 rings (SSSR count). The zero-order valence-electron chi connectivity index (χ0n) is 12.5. The van der Waals surface area contributed by atoms with E-state index in [0.29, 0.717) is 5.75 Å². The van der Waals surface area contributed by atoms with Gasteiger partial charge in [-0.25, -0.2) is 0 Å². The first-order valence-corrected chi connectivity index (χ1v) is 6.93. The van der Waals surface area contributed by atoms with Crippen molar-refractivity contribution in [2.24, 2.45) is 0 Å². The Morgan fingerprint density at radius 1 is 1.08 bits per heavy atom. The third-order valence-corrected chi connectivity index (χ3v) is 3.39. The number of benzene rings is 2. The smallest absolute Gasteiger partial charge is 0.416 e. The van der Waals surface area contributed by atoms with Crippen molar-refractivity contribution in [3.63, 3.8) is 0 Å². The van der Waals surface area contributed by atoms with E-state index in [-0.39, 0.29) is 28.0 Å². The first-order valence-electron chi connectivity index (χ1n) is 6.93. The summed E-state index contributed by atoms with van der Waals surface area (Å²) in [6, 6.07) is 10.7. The summed E-state index contributed by atoms with van der Waals surface area (Å²) in [5, 5.41) is 2.95. The van der Waals surface area contributed by atoms with Crippen molar-refractivity contribution in [1.82, 2.24) is 0 Å². The molecule has 1 N–H and O–H groups in total. The van der Waals surface area contributed by atoms with Crippen molar-refractivity contribution >= 4 is 22.5 Å². The zero-order chi connectivity index (χ0) is 17.3. The van der Waals surface area contributed by atoms with Crippen molar-refractivity contribution in [2.75, 3.05) is 12.4 Å². The van der Waals surface area contributed by atoms with E-state index >= 15 is 0 Å². The summed E-state index contributed by atoms with van der Waals surface area (Å²) in [5.41, 5.74) is -0.716. The highest BCUT2D eigenvalue weighted by molar-refractivity contribution is 5.84. The van der Waals surface area contributed by atoms with Gasteiger partial charge in [-0.15, -0.1) is 0 Å². The Kier molecular flexibility index (Phi) is 3.92. The number of hydrogen-bond acceptors (Lipinski definition) is 4. The van der Waals surface area contributed by atoms with Crippen LogP contribution in [0.4, 0.5) is 24.7 Å². The van der Waals surface area contributed by atoms with Crippen LogP contribution in [0.1, 0.15) is 5.56 Å². The Hall–Kier alpha value is -2.96. The molecule has 24 heavy (non-hydrogen) atoms. The molecule has 0 saturated heterocycles. The van der Waals surface area contributed by atoms with Gasteiger partial charge in [-0.3, -0.25) is 4.79 Å². The average molecular weight is 335 g/mol. The molecule has 0 aliphatic carbocycles. The molecular formula is C17H12F3NO3. The predicted molar refractivity (Wildman–Crippen MR) is 83.8 cm³/mol. The Balaban J connectivity index is 2.01. The molecule has 1 aromatic heterocycles. The van der Waals surface area contributed by atoms with Crippen LogP contribution in [-0.4, -0.2) is 7.11 Å². The van der Waals surface area contributed by atoms with E-state index in [4.69, 9.17) is 9.15 Å². The van der Waals surface area contributed by atoms with Gasteiger partial charge in [0.15, 0.2) is 5.43 Å². The predicted octanol–water partition coefficient (Wildman–Crippen LogP) is 4.56. The summed E-state index contributed by atoms with van der Waals surface area (Å²) < 4.78 is 48.9. The van der Waals surface area contributed by atoms with E-state index in [1.165, 1.54) is 25.3 Å². The third kappa shape index (κ3) is 3.05. The second kappa shape index (κ2) is 5.92. The van der Waals surface area contributed by atoms with Crippen LogP contribution >= 0.6 is 0 Å². The van der Waals surface area contributed by atoms with Crippen LogP contribution in [0.3, 0.4) is 0 Å². The van der Waals surface area contributed by atoms with Crippen LogP contribution in [0, 0.1) is 0 Å². The molecular weight excluding hydrogens is 323 g/mol. The van der Waals surface area contributed by atoms with Crippen LogP contribution in [0.25, 0.3) is 11.0 Å². The zero-order valence-corrected chi connectivity index (χ0v) is 12.5. The van der Waals surface area contributed by atoms with Crippen molar-refractivity contribution in [3.8, 4) is 5.75 Å². The van der Waals surface area contributed by atoms with Crippen molar-refractivity contribution in [3.05, 3.63) is 64.3 Å². The highest BCUT2D eigenvalue weighted by atomic mass is 19.4. The SMILES string of the molecule is COc1cccc2oc(Nc3cccc(C(F)(F)F)c3)cc(=O)c12. The summed E-state index contributed by atoms with van der Waals surface area (Å²) in [5.74, 6) is 0.409. The van der Waals surface area contributed by atoms with Crippen molar-refractivity contribution in [1.29, 1.82) is 0 Å². The summed E-state index contributed by atoms with van der Waals surface area (Å²) in [6.07, 6.45) is -4.45. The normalized spacial score (nSPS) is 11.5. The Morgan fingerprint density at radius 2 is 1.83 bits per heavy atom. The number of ether oxygens (including phenoxy) is 1. The first kappa shape index (κ1) is 15.9. The van der Waals surface area contributed by atoms with Gasteiger partial charge in [0, 0.05) is 11.8 Å². The van der Waals surface area contributed by atoms with Gasteiger partial charge in [-0.05, 0) is 30.3 Å². The number of anilines is 2. The molecule has 0 saturated carbocycles. The van der Waals surface area contributed by atoms with E-state index < -0.39 is 11.7 Å². The number of fused-ring (bicyclic) bond motifs is 1. The quantitative estimate of drug-likeness (QED) is 0.762. The van der Waals surface area contributed by atoms with Crippen LogP contribution in [0.2, 0.25) is 0 Å². The largest absolute Gasteiger partial charge is 0.496 e. The Morgan fingerprint density at radius 3 is 2.54 bits per heavy atom. The fourth-order valence-electron chi connectivity index (χ4n) is 2.33. The van der Waals surface area contributed by atoms with Gasteiger partial charge in [0.25, 0.3) is 0 Å². The molecule has 0 spiro atoms. The molecule has 7 heteroatoms. The Labute approximate surface area is 134 Å². The topological polar surface area (TPSA) is 51.5 Å². The van der Waals surface area contributed by atoms with E-state index in [2.05, 4.69) is 5.32 Å². The minimum Gasteiger partial charge on any atom is -0.496 e.